The van der Waals surface area contributed by atoms with E-state index in [1.165, 1.54) is 12.1 Å². The summed E-state index contributed by atoms with van der Waals surface area (Å²) in [5.41, 5.74) is -1.24. The highest BCUT2D eigenvalue weighted by atomic mass is 35.5. The van der Waals surface area contributed by atoms with Crippen LogP contribution in [0.15, 0.2) is 18.2 Å². The molecule has 3 aliphatic heterocycles. The van der Waals surface area contributed by atoms with Crippen molar-refractivity contribution in [3.05, 3.63) is 34.9 Å². The monoisotopic (exact) mass is 801 g/mol. The van der Waals surface area contributed by atoms with E-state index in [-0.39, 0.29) is 54.6 Å². The zero-order valence-electron chi connectivity index (χ0n) is 32.9. The molecule has 4 aromatic rings. The van der Waals surface area contributed by atoms with Crippen LogP contribution in [0.25, 0.3) is 32.2 Å². The molecule has 3 fully saturated rings. The summed E-state index contributed by atoms with van der Waals surface area (Å²) in [6.45, 7) is 17.7. The number of nitrogens with one attached hydrogen (secondary N) is 1. The van der Waals surface area contributed by atoms with Crippen molar-refractivity contribution in [3.8, 4) is 17.1 Å². The van der Waals surface area contributed by atoms with Gasteiger partial charge in [0, 0.05) is 36.7 Å². The summed E-state index contributed by atoms with van der Waals surface area (Å²) in [4.78, 5) is 45.0. The zero-order valence-corrected chi connectivity index (χ0v) is 34.5. The van der Waals surface area contributed by atoms with Gasteiger partial charge < -0.3 is 24.0 Å². The van der Waals surface area contributed by atoms with Gasteiger partial charge in [0.25, 0.3) is 0 Å². The molecular weight excluding hydrogens is 752 g/mol. The van der Waals surface area contributed by atoms with Crippen molar-refractivity contribution in [2.24, 2.45) is 0 Å². The predicted octanol–water partition coefficient (Wildman–Crippen LogP) is 9.27. The zero-order chi connectivity index (χ0) is 40.0. The lowest BCUT2D eigenvalue weighted by atomic mass is 9.95. The highest BCUT2D eigenvalue weighted by Crippen LogP contribution is 2.44. The molecule has 0 bridgehead atoms. The largest absolute Gasteiger partial charge is 0.461 e. The number of rotatable bonds is 7. The second-order valence-corrected chi connectivity index (χ2v) is 17.5. The van der Waals surface area contributed by atoms with Gasteiger partial charge in [-0.25, -0.2) is 23.4 Å². The van der Waals surface area contributed by atoms with Crippen LogP contribution in [0.3, 0.4) is 0 Å². The molecule has 0 aliphatic carbocycles. The molecule has 2 aromatic carbocycles. The molecule has 5 heterocycles. The number of hydrogen-bond acceptors (Lipinski definition) is 11. The molecule has 2 amide bonds. The molecule has 3 saturated heterocycles. The second kappa shape index (κ2) is 15.5. The molecule has 1 N–H and O–H groups in total. The Morgan fingerprint density at radius 3 is 2.29 bits per heavy atom. The van der Waals surface area contributed by atoms with E-state index in [1.54, 1.807) is 31.7 Å². The van der Waals surface area contributed by atoms with Crippen molar-refractivity contribution in [1.29, 1.82) is 0 Å². The standard InChI is InChI=1S/C37H44ClF2N7O5S.C2H6/c1-35(2,3)51-33(48)44-32-42-28-21(10-11-24(39)29(28)53-32)25-23(38)16-22-27(26(25)40)41-31(50-19-37-12-8-14-47(37)15-9-13-37)43-30(22)45(7)20-17-46(18-20)34(49)52-36(4,5)6;1-2/h10-11,16,20H,8-9,12-15,17-19H2,1-7H3,(H,42,44,48);1-2H3. The fraction of sp³-hybridized carbons (Fsp3) is 0.564. The number of anilines is 2. The van der Waals surface area contributed by atoms with Crippen LogP contribution < -0.4 is 15.0 Å². The Balaban J connectivity index is 0.00000253. The Morgan fingerprint density at radius 2 is 1.65 bits per heavy atom. The first-order valence-corrected chi connectivity index (χ1v) is 20.0. The molecule has 3 aliphatic rings. The fourth-order valence-electron chi connectivity index (χ4n) is 7.37. The normalized spacial score (nSPS) is 17.1. The third-order valence-electron chi connectivity index (χ3n) is 9.89. The van der Waals surface area contributed by atoms with Gasteiger partial charge in [-0.2, -0.15) is 9.97 Å². The Bertz CT molecular complexity index is 2090. The van der Waals surface area contributed by atoms with Gasteiger partial charge in [-0.1, -0.05) is 36.8 Å². The average Bonchev–Trinajstić information content (AvgIpc) is 3.78. The van der Waals surface area contributed by atoms with Gasteiger partial charge in [0.2, 0.25) is 0 Å². The third-order valence-corrected chi connectivity index (χ3v) is 11.2. The lowest BCUT2D eigenvalue weighted by Gasteiger charge is -2.44. The van der Waals surface area contributed by atoms with E-state index in [0.29, 0.717) is 30.9 Å². The molecule has 0 saturated carbocycles. The summed E-state index contributed by atoms with van der Waals surface area (Å²) >= 11 is 7.79. The van der Waals surface area contributed by atoms with Gasteiger partial charge in [0.1, 0.15) is 35.0 Å². The van der Waals surface area contributed by atoms with Crippen LogP contribution in [0.1, 0.15) is 81.1 Å². The van der Waals surface area contributed by atoms with Crippen molar-refractivity contribution in [1.82, 2.24) is 24.8 Å². The van der Waals surface area contributed by atoms with Gasteiger partial charge in [-0.15, -0.1) is 0 Å². The van der Waals surface area contributed by atoms with E-state index >= 15 is 8.78 Å². The van der Waals surface area contributed by atoms with Gasteiger partial charge >= 0.3 is 18.2 Å². The van der Waals surface area contributed by atoms with Gasteiger partial charge in [0.05, 0.1) is 26.8 Å². The third kappa shape index (κ3) is 8.39. The first-order chi connectivity index (χ1) is 25.9. The van der Waals surface area contributed by atoms with Crippen molar-refractivity contribution < 1.29 is 32.6 Å². The lowest BCUT2D eigenvalue weighted by molar-refractivity contribution is 0.00844. The van der Waals surface area contributed by atoms with Crippen LogP contribution in [0, 0.1) is 11.6 Å². The van der Waals surface area contributed by atoms with E-state index in [2.05, 4.69) is 20.2 Å². The van der Waals surface area contributed by atoms with Crippen LogP contribution in [-0.2, 0) is 9.47 Å². The minimum atomic E-state index is -0.764. The second-order valence-electron chi connectivity index (χ2n) is 16.0. The van der Waals surface area contributed by atoms with Crippen LogP contribution in [0.5, 0.6) is 6.01 Å². The molecule has 55 heavy (non-hydrogen) atoms. The highest BCUT2D eigenvalue weighted by molar-refractivity contribution is 7.22. The number of carbonyl (C=O) groups is 2. The number of benzene rings is 2. The van der Waals surface area contributed by atoms with Crippen molar-refractivity contribution in [2.75, 3.05) is 50.1 Å². The molecule has 0 unspecified atom stereocenters. The van der Waals surface area contributed by atoms with Gasteiger partial charge in [-0.3, -0.25) is 10.2 Å². The number of carbonyl (C=O) groups excluding carboxylic acids is 2. The Morgan fingerprint density at radius 1 is 1.00 bits per heavy atom. The number of fused-ring (bicyclic) bond motifs is 3. The molecule has 2 aromatic heterocycles. The molecule has 16 heteroatoms. The molecule has 7 rings (SSSR count). The van der Waals surface area contributed by atoms with E-state index in [1.807, 2.05) is 46.6 Å². The number of halogens is 3. The molecule has 12 nitrogen and oxygen atoms in total. The molecule has 0 spiro atoms. The van der Waals surface area contributed by atoms with E-state index in [4.69, 9.17) is 30.8 Å². The summed E-state index contributed by atoms with van der Waals surface area (Å²) in [5, 5.41) is 2.99. The van der Waals surface area contributed by atoms with Crippen molar-refractivity contribution in [3.63, 3.8) is 0 Å². The predicted molar refractivity (Wildman–Crippen MR) is 213 cm³/mol. The van der Waals surface area contributed by atoms with Crippen molar-refractivity contribution in [2.45, 2.75) is 104 Å². The SMILES string of the molecule is CC.CN(c1nc(OCC23CCCN2CCC3)nc2c(F)c(-c3ccc(F)c4sc(NC(=O)OC(C)(C)C)nc34)c(Cl)cc12)C1CN(C(=O)OC(C)(C)C)C1. The Hall–Kier alpha value is -4.08. The van der Waals surface area contributed by atoms with E-state index in [0.717, 1.165) is 50.1 Å². The minimum Gasteiger partial charge on any atom is -0.461 e. The number of amides is 2. The molecular formula is C39H50ClF2N7O5S. The lowest BCUT2D eigenvalue weighted by Crippen LogP contribution is -2.61. The van der Waals surface area contributed by atoms with E-state index < -0.39 is 35.0 Å². The molecule has 298 valence electrons. The molecule has 0 atom stereocenters. The average molecular weight is 802 g/mol. The number of thiazole rings is 1. The van der Waals surface area contributed by atoms with Crippen LogP contribution >= 0.6 is 22.9 Å². The summed E-state index contributed by atoms with van der Waals surface area (Å²) in [5.74, 6) is -0.964. The van der Waals surface area contributed by atoms with Crippen molar-refractivity contribution >= 4 is 67.2 Å². The van der Waals surface area contributed by atoms with Gasteiger partial charge in [0.15, 0.2) is 10.9 Å². The Kier molecular flexibility index (Phi) is 11.4. The first-order valence-electron chi connectivity index (χ1n) is 18.8. The fourth-order valence-corrected chi connectivity index (χ4v) is 8.55. The summed E-state index contributed by atoms with van der Waals surface area (Å²) in [6.07, 6.45) is 3.01. The number of likely N-dealkylation sites (tertiary alicyclic amines) is 1. The number of ether oxygens (including phenoxy) is 3. The Labute approximate surface area is 329 Å². The molecule has 0 radical (unpaired) electrons. The smallest absolute Gasteiger partial charge is 0.413 e. The summed E-state index contributed by atoms with van der Waals surface area (Å²) < 4.78 is 49.6. The van der Waals surface area contributed by atoms with Gasteiger partial charge in [-0.05, 0) is 98.5 Å². The minimum absolute atomic E-state index is 0.0183. The van der Waals surface area contributed by atoms with Crippen LogP contribution in [-0.4, -0.2) is 99.6 Å². The number of likely N-dealkylation sites (N-methyl/N-ethyl adjacent to an activating group) is 1. The summed E-state index contributed by atoms with van der Waals surface area (Å²) in [7, 11) is 1.83. The number of hydrogen-bond donors (Lipinski definition) is 1. The number of aromatic nitrogens is 3. The van der Waals surface area contributed by atoms with Crippen LogP contribution in [0.2, 0.25) is 5.02 Å². The van der Waals surface area contributed by atoms with E-state index in [9.17, 15) is 9.59 Å². The highest BCUT2D eigenvalue weighted by Gasteiger charge is 2.45. The maximum Gasteiger partial charge on any atom is 0.413 e. The van der Waals surface area contributed by atoms with Crippen LogP contribution in [0.4, 0.5) is 29.3 Å². The maximum absolute atomic E-state index is 17.1. The maximum atomic E-state index is 17.1. The first kappa shape index (κ1) is 40.6. The quantitative estimate of drug-likeness (QED) is 0.194. The number of nitrogens with zero attached hydrogens (tertiary/aromatic N) is 6. The topological polar surface area (TPSA) is 122 Å². The summed E-state index contributed by atoms with van der Waals surface area (Å²) in [6, 6.07) is 4.07.